The second-order valence-electron chi connectivity index (χ2n) is 6.50. The fourth-order valence-electron chi connectivity index (χ4n) is 3.48. The van der Waals surface area contributed by atoms with Crippen molar-refractivity contribution in [3.63, 3.8) is 0 Å². The molecule has 1 N–H and O–H groups in total. The molecular weight excluding hydrogens is 353 g/mol. The Morgan fingerprint density at radius 2 is 1.88 bits per heavy atom. The number of nitrogens with one attached hydrogen (secondary N) is 1. The summed E-state index contributed by atoms with van der Waals surface area (Å²) >= 11 is 6.00. The minimum absolute atomic E-state index is 0.0917. The molecule has 26 heavy (non-hydrogen) atoms. The van der Waals surface area contributed by atoms with Gasteiger partial charge in [0.2, 0.25) is 5.91 Å². The van der Waals surface area contributed by atoms with Gasteiger partial charge in [-0.3, -0.25) is 4.79 Å². The van der Waals surface area contributed by atoms with Crippen LogP contribution < -0.4 is 4.90 Å². The highest BCUT2D eigenvalue weighted by atomic mass is 35.5. The summed E-state index contributed by atoms with van der Waals surface area (Å²) in [6, 6.07) is 12.4. The Morgan fingerprint density at radius 3 is 2.65 bits per heavy atom. The molecule has 3 aromatic rings. The first-order chi connectivity index (χ1) is 12.6. The van der Waals surface area contributed by atoms with Crippen molar-refractivity contribution in [2.24, 2.45) is 0 Å². The first kappa shape index (κ1) is 16.9. The van der Waals surface area contributed by atoms with Crippen LogP contribution in [0.1, 0.15) is 5.56 Å². The maximum absolute atomic E-state index is 13.9. The van der Waals surface area contributed by atoms with Crippen molar-refractivity contribution in [2.45, 2.75) is 6.42 Å². The average molecular weight is 372 g/mol. The number of benzene rings is 2. The third-order valence-corrected chi connectivity index (χ3v) is 5.13. The smallest absolute Gasteiger partial charge is 0.227 e. The van der Waals surface area contributed by atoms with Gasteiger partial charge in [-0.25, -0.2) is 4.39 Å². The number of carbonyl (C=O) groups is 1. The van der Waals surface area contributed by atoms with Crippen LogP contribution in [0, 0.1) is 5.82 Å². The summed E-state index contributed by atoms with van der Waals surface area (Å²) in [4.78, 5) is 19.7. The Morgan fingerprint density at radius 1 is 1.12 bits per heavy atom. The number of H-pyrrole nitrogens is 1. The largest absolute Gasteiger partial charge is 0.366 e. The van der Waals surface area contributed by atoms with Gasteiger partial charge in [0.1, 0.15) is 5.82 Å². The summed E-state index contributed by atoms with van der Waals surface area (Å²) in [5.41, 5.74) is 2.51. The highest BCUT2D eigenvalue weighted by molar-refractivity contribution is 6.31. The van der Waals surface area contributed by atoms with E-state index in [2.05, 4.69) is 4.98 Å². The van der Waals surface area contributed by atoms with Crippen LogP contribution in [-0.2, 0) is 11.2 Å². The van der Waals surface area contributed by atoms with Crippen molar-refractivity contribution in [3.8, 4) is 0 Å². The molecule has 2 heterocycles. The normalized spacial score (nSPS) is 14.8. The molecule has 0 aliphatic carbocycles. The lowest BCUT2D eigenvalue weighted by Gasteiger charge is -2.36. The van der Waals surface area contributed by atoms with Gasteiger partial charge in [0.15, 0.2) is 0 Å². The molecule has 1 saturated heterocycles. The quantitative estimate of drug-likeness (QED) is 0.759. The molecule has 4 nitrogen and oxygen atoms in total. The summed E-state index contributed by atoms with van der Waals surface area (Å²) in [5.74, 6) is -0.126. The summed E-state index contributed by atoms with van der Waals surface area (Å²) in [7, 11) is 0. The molecule has 0 saturated carbocycles. The van der Waals surface area contributed by atoms with Gasteiger partial charge in [0.05, 0.1) is 12.1 Å². The van der Waals surface area contributed by atoms with E-state index in [0.29, 0.717) is 43.3 Å². The van der Waals surface area contributed by atoms with E-state index in [1.807, 2.05) is 40.3 Å². The van der Waals surface area contributed by atoms with Crippen molar-refractivity contribution < 1.29 is 9.18 Å². The zero-order valence-electron chi connectivity index (χ0n) is 14.2. The molecule has 1 fully saturated rings. The predicted molar refractivity (Wildman–Crippen MR) is 102 cm³/mol. The van der Waals surface area contributed by atoms with Crippen molar-refractivity contribution in [1.29, 1.82) is 0 Å². The van der Waals surface area contributed by atoms with Crippen LogP contribution in [0.25, 0.3) is 10.9 Å². The van der Waals surface area contributed by atoms with E-state index in [4.69, 9.17) is 11.6 Å². The molecule has 1 aliphatic rings. The van der Waals surface area contributed by atoms with Crippen molar-refractivity contribution >= 4 is 34.1 Å². The summed E-state index contributed by atoms with van der Waals surface area (Å²) in [5, 5.41) is 1.69. The maximum Gasteiger partial charge on any atom is 0.227 e. The van der Waals surface area contributed by atoms with Gasteiger partial charge >= 0.3 is 0 Å². The number of hydrogen-bond acceptors (Lipinski definition) is 2. The van der Waals surface area contributed by atoms with Crippen LogP contribution in [-0.4, -0.2) is 42.0 Å². The first-order valence-corrected chi connectivity index (χ1v) is 9.02. The SMILES string of the molecule is O=C(Cc1c[nH]c2cc(Cl)ccc12)N1CCN(c2ccccc2F)CC1. The van der Waals surface area contributed by atoms with Gasteiger partial charge < -0.3 is 14.8 Å². The predicted octanol–water partition coefficient (Wildman–Crippen LogP) is 3.85. The van der Waals surface area contributed by atoms with Crippen LogP contribution >= 0.6 is 11.6 Å². The van der Waals surface area contributed by atoms with Crippen molar-refractivity contribution in [2.75, 3.05) is 31.1 Å². The Labute approximate surface area is 156 Å². The van der Waals surface area contributed by atoms with Gasteiger partial charge in [-0.1, -0.05) is 29.8 Å². The van der Waals surface area contributed by atoms with Gasteiger partial charge in [0, 0.05) is 48.3 Å². The first-order valence-electron chi connectivity index (χ1n) is 8.64. The number of halogens is 2. The van der Waals surface area contributed by atoms with Crippen molar-refractivity contribution in [3.05, 3.63) is 65.1 Å². The molecule has 6 heteroatoms. The highest BCUT2D eigenvalue weighted by Crippen LogP contribution is 2.24. The van der Waals surface area contributed by atoms with Gasteiger partial charge in [-0.15, -0.1) is 0 Å². The van der Waals surface area contributed by atoms with Crippen molar-refractivity contribution in [1.82, 2.24) is 9.88 Å². The molecule has 0 radical (unpaired) electrons. The lowest BCUT2D eigenvalue weighted by Crippen LogP contribution is -2.49. The van der Waals surface area contributed by atoms with E-state index in [0.717, 1.165) is 16.5 Å². The zero-order valence-corrected chi connectivity index (χ0v) is 15.0. The summed E-state index contributed by atoms with van der Waals surface area (Å²) in [6.07, 6.45) is 2.22. The van der Waals surface area contributed by atoms with Gasteiger partial charge in [-0.2, -0.15) is 0 Å². The molecule has 4 rings (SSSR count). The third-order valence-electron chi connectivity index (χ3n) is 4.90. The second kappa shape index (κ2) is 7.00. The molecule has 2 aromatic carbocycles. The van der Waals surface area contributed by atoms with Gasteiger partial charge in [-0.05, 0) is 29.8 Å². The highest BCUT2D eigenvalue weighted by Gasteiger charge is 2.23. The lowest BCUT2D eigenvalue weighted by atomic mass is 10.1. The molecule has 1 aromatic heterocycles. The fraction of sp³-hybridized carbons (Fsp3) is 0.250. The van der Waals surface area contributed by atoms with Crippen LogP contribution in [0.3, 0.4) is 0 Å². The number of aromatic nitrogens is 1. The topological polar surface area (TPSA) is 39.3 Å². The molecular formula is C20H19ClFN3O. The zero-order chi connectivity index (χ0) is 18.1. The lowest BCUT2D eigenvalue weighted by molar-refractivity contribution is -0.130. The standard InChI is InChI=1S/C20H19ClFN3O/c21-15-5-6-16-14(13-23-18(16)12-15)11-20(26)25-9-7-24(8-10-25)19-4-2-1-3-17(19)22/h1-6,12-13,23H,7-11H2. The average Bonchev–Trinajstić information content (AvgIpc) is 3.04. The number of piperazine rings is 1. The monoisotopic (exact) mass is 371 g/mol. The Balaban J connectivity index is 1.41. The van der Waals surface area contributed by atoms with E-state index in [9.17, 15) is 9.18 Å². The Bertz CT molecular complexity index is 947. The number of hydrogen-bond donors (Lipinski definition) is 1. The summed E-state index contributed by atoms with van der Waals surface area (Å²) in [6.45, 7) is 2.47. The number of para-hydroxylation sites is 1. The Hall–Kier alpha value is -2.53. The minimum atomic E-state index is -0.218. The molecule has 0 spiro atoms. The van der Waals surface area contributed by atoms with Gasteiger partial charge in [0.25, 0.3) is 0 Å². The number of nitrogens with zero attached hydrogens (tertiary/aromatic N) is 2. The van der Waals surface area contributed by atoms with E-state index in [1.54, 1.807) is 12.1 Å². The number of rotatable bonds is 3. The minimum Gasteiger partial charge on any atom is -0.366 e. The number of aromatic amines is 1. The molecule has 134 valence electrons. The van der Waals surface area contributed by atoms with E-state index < -0.39 is 0 Å². The second-order valence-corrected chi connectivity index (χ2v) is 6.94. The molecule has 0 atom stereocenters. The Kier molecular flexibility index (Phi) is 4.55. The number of anilines is 1. The van der Waals surface area contributed by atoms with E-state index in [-0.39, 0.29) is 11.7 Å². The fourth-order valence-corrected chi connectivity index (χ4v) is 3.66. The maximum atomic E-state index is 13.9. The molecule has 0 bridgehead atoms. The molecule has 1 amide bonds. The summed E-state index contributed by atoms with van der Waals surface area (Å²) < 4.78 is 13.9. The van der Waals surface area contributed by atoms with Crippen LogP contribution in [0.15, 0.2) is 48.7 Å². The number of carbonyl (C=O) groups excluding carboxylic acids is 1. The van der Waals surface area contributed by atoms with E-state index in [1.165, 1.54) is 6.07 Å². The number of fused-ring (bicyclic) bond motifs is 1. The van der Waals surface area contributed by atoms with Crippen LogP contribution in [0.4, 0.5) is 10.1 Å². The third kappa shape index (κ3) is 3.27. The molecule has 1 aliphatic heterocycles. The molecule has 0 unspecified atom stereocenters. The number of amides is 1. The van der Waals surface area contributed by atoms with Crippen LogP contribution in [0.5, 0.6) is 0 Å². The van der Waals surface area contributed by atoms with Crippen LogP contribution in [0.2, 0.25) is 5.02 Å². The van der Waals surface area contributed by atoms with E-state index >= 15 is 0 Å².